The lowest BCUT2D eigenvalue weighted by Gasteiger charge is -2.22. The van der Waals surface area contributed by atoms with E-state index in [1.807, 2.05) is 17.0 Å². The Morgan fingerprint density at radius 1 is 1.16 bits per heavy atom. The highest BCUT2D eigenvalue weighted by atomic mass is 32.2. The predicted octanol–water partition coefficient (Wildman–Crippen LogP) is 3.88. The van der Waals surface area contributed by atoms with Crippen molar-refractivity contribution in [3.8, 4) is 0 Å². The van der Waals surface area contributed by atoms with E-state index in [-0.39, 0.29) is 11.8 Å². The van der Waals surface area contributed by atoms with Crippen LogP contribution in [0.2, 0.25) is 0 Å². The van der Waals surface area contributed by atoms with Crippen molar-refractivity contribution in [1.29, 1.82) is 0 Å². The number of nitrogens with one attached hydrogen (secondary N) is 2. The van der Waals surface area contributed by atoms with E-state index < -0.39 is 10.0 Å². The molecule has 0 bridgehead atoms. The summed E-state index contributed by atoms with van der Waals surface area (Å²) in [5, 5.41) is 5.63. The number of hydrogen-bond acceptors (Lipinski definition) is 4. The summed E-state index contributed by atoms with van der Waals surface area (Å²) in [5.41, 5.74) is 4.51. The van der Waals surface area contributed by atoms with E-state index in [1.165, 1.54) is 22.0 Å². The molecule has 2 saturated heterocycles. The summed E-state index contributed by atoms with van der Waals surface area (Å²) in [7, 11) is -3.45. The fraction of sp³-hybridized carbons (Fsp3) is 0.414. The maximum atomic E-state index is 13.5. The Bertz CT molecular complexity index is 1360. The molecule has 37 heavy (non-hydrogen) atoms. The maximum Gasteiger partial charge on any atom is 0.253 e. The normalized spacial score (nSPS) is 20.4. The Labute approximate surface area is 219 Å². The molecule has 3 heterocycles. The summed E-state index contributed by atoms with van der Waals surface area (Å²) in [5.74, 6) is 0.555. The molecule has 1 unspecified atom stereocenters. The topological polar surface area (TPSA) is 83.4 Å². The average molecular weight is 521 g/mol. The van der Waals surface area contributed by atoms with Crippen LogP contribution in [0.1, 0.15) is 46.7 Å². The fourth-order valence-electron chi connectivity index (χ4n) is 5.64. The van der Waals surface area contributed by atoms with Crippen LogP contribution in [0.5, 0.6) is 0 Å². The van der Waals surface area contributed by atoms with Gasteiger partial charge in [-0.3, -0.25) is 4.79 Å². The van der Waals surface area contributed by atoms with Crippen LogP contribution in [0, 0.1) is 5.92 Å². The van der Waals surface area contributed by atoms with Gasteiger partial charge in [0, 0.05) is 60.8 Å². The summed E-state index contributed by atoms with van der Waals surface area (Å²) in [4.78, 5) is 15.3. The van der Waals surface area contributed by atoms with E-state index in [4.69, 9.17) is 0 Å². The standard InChI is InChI=1S/C29H36N4O3S/c1-2-37(35,36)31-18-23-13-16-33(20-23)29(34)24-10-11-28-26(17-24)27(25-9-6-14-30-19-25)21-32(28)15-12-22-7-4-3-5-8-22/h2-5,7-8,10-11,17,21,23,25,30-31H,1,6,9,12-16,18-20H2/t23-,25?/m1/s1. The van der Waals surface area contributed by atoms with Crippen LogP contribution in [0.25, 0.3) is 10.9 Å². The third-order valence-electron chi connectivity index (χ3n) is 7.75. The Balaban J connectivity index is 1.36. The van der Waals surface area contributed by atoms with Gasteiger partial charge in [-0.05, 0) is 73.4 Å². The van der Waals surface area contributed by atoms with E-state index in [2.05, 4.69) is 63.8 Å². The molecule has 5 rings (SSSR count). The van der Waals surface area contributed by atoms with Gasteiger partial charge in [-0.25, -0.2) is 13.1 Å². The van der Waals surface area contributed by atoms with Crippen molar-refractivity contribution < 1.29 is 13.2 Å². The molecular weight excluding hydrogens is 484 g/mol. The zero-order chi connectivity index (χ0) is 25.8. The van der Waals surface area contributed by atoms with Crippen molar-refractivity contribution in [3.63, 3.8) is 0 Å². The Kier molecular flexibility index (Phi) is 7.79. The third-order valence-corrected chi connectivity index (χ3v) is 8.75. The molecule has 2 N–H and O–H groups in total. The highest BCUT2D eigenvalue weighted by Gasteiger charge is 2.28. The average Bonchev–Trinajstić information content (AvgIpc) is 3.56. The molecule has 8 heteroatoms. The molecule has 0 saturated carbocycles. The van der Waals surface area contributed by atoms with Crippen molar-refractivity contribution in [2.45, 2.75) is 38.1 Å². The predicted molar refractivity (Wildman–Crippen MR) is 148 cm³/mol. The number of aryl methyl sites for hydroxylation is 2. The van der Waals surface area contributed by atoms with Crippen LogP contribution < -0.4 is 10.0 Å². The number of likely N-dealkylation sites (tertiary alicyclic amines) is 1. The Morgan fingerprint density at radius 3 is 2.76 bits per heavy atom. The molecule has 2 atom stereocenters. The molecule has 2 aliphatic rings. The quantitative estimate of drug-likeness (QED) is 0.449. The molecule has 0 radical (unpaired) electrons. The number of piperidine rings is 1. The van der Waals surface area contributed by atoms with Crippen LogP contribution >= 0.6 is 0 Å². The lowest BCUT2D eigenvalue weighted by atomic mass is 9.91. The van der Waals surface area contributed by atoms with Crippen molar-refractivity contribution in [3.05, 3.63) is 83.4 Å². The minimum Gasteiger partial charge on any atom is -0.347 e. The number of hydrogen-bond donors (Lipinski definition) is 2. The van der Waals surface area contributed by atoms with Crippen molar-refractivity contribution >= 4 is 26.8 Å². The molecule has 3 aromatic rings. The monoisotopic (exact) mass is 520 g/mol. The number of sulfonamides is 1. The number of rotatable bonds is 9. The van der Waals surface area contributed by atoms with Crippen LogP contribution in [0.3, 0.4) is 0 Å². The van der Waals surface area contributed by atoms with Gasteiger partial charge in [-0.15, -0.1) is 0 Å². The Hall–Kier alpha value is -2.94. The van der Waals surface area contributed by atoms with Crippen molar-refractivity contribution in [1.82, 2.24) is 19.5 Å². The van der Waals surface area contributed by atoms with Gasteiger partial charge < -0.3 is 14.8 Å². The van der Waals surface area contributed by atoms with E-state index in [1.54, 1.807) is 0 Å². The van der Waals surface area contributed by atoms with Gasteiger partial charge in [0.15, 0.2) is 0 Å². The number of nitrogens with zero attached hydrogens (tertiary/aromatic N) is 2. The molecule has 196 valence electrons. The highest BCUT2D eigenvalue weighted by molar-refractivity contribution is 7.92. The van der Waals surface area contributed by atoms with E-state index in [9.17, 15) is 13.2 Å². The van der Waals surface area contributed by atoms with E-state index >= 15 is 0 Å². The van der Waals surface area contributed by atoms with Gasteiger partial charge in [0.1, 0.15) is 0 Å². The van der Waals surface area contributed by atoms with E-state index in [0.29, 0.717) is 31.1 Å². The smallest absolute Gasteiger partial charge is 0.253 e. The van der Waals surface area contributed by atoms with Gasteiger partial charge in [-0.2, -0.15) is 0 Å². The summed E-state index contributed by atoms with van der Waals surface area (Å²) in [6.45, 7) is 7.75. The SMILES string of the molecule is C=CS(=O)(=O)NC[C@H]1CCN(C(=O)c2ccc3c(c2)c(C2CCCNC2)cn3CCc2ccccc2)C1. The first kappa shape index (κ1) is 25.7. The molecule has 1 amide bonds. The lowest BCUT2D eigenvalue weighted by molar-refractivity contribution is 0.0787. The molecular formula is C29H36N4O3S. The number of benzene rings is 2. The fourth-order valence-corrected chi connectivity index (χ4v) is 6.22. The molecule has 0 spiro atoms. The van der Waals surface area contributed by atoms with Gasteiger partial charge in [0.25, 0.3) is 5.91 Å². The third kappa shape index (κ3) is 5.98. The maximum absolute atomic E-state index is 13.5. The molecule has 2 aliphatic heterocycles. The second-order valence-electron chi connectivity index (χ2n) is 10.3. The number of carbonyl (C=O) groups is 1. The van der Waals surface area contributed by atoms with Gasteiger partial charge >= 0.3 is 0 Å². The Morgan fingerprint density at radius 2 is 2.00 bits per heavy atom. The van der Waals surface area contributed by atoms with Gasteiger partial charge in [0.05, 0.1) is 0 Å². The van der Waals surface area contributed by atoms with Crippen LogP contribution in [-0.4, -0.2) is 56.5 Å². The summed E-state index contributed by atoms with van der Waals surface area (Å²) < 4.78 is 28.3. The molecule has 2 fully saturated rings. The summed E-state index contributed by atoms with van der Waals surface area (Å²) in [6.07, 6.45) is 6.35. The molecule has 1 aromatic heterocycles. The second-order valence-corrected chi connectivity index (χ2v) is 12.0. The molecule has 7 nitrogen and oxygen atoms in total. The number of fused-ring (bicyclic) bond motifs is 1. The largest absolute Gasteiger partial charge is 0.347 e. The van der Waals surface area contributed by atoms with Crippen LogP contribution in [0.15, 0.2) is 66.7 Å². The van der Waals surface area contributed by atoms with Gasteiger partial charge in [-0.1, -0.05) is 36.9 Å². The second kappa shape index (κ2) is 11.2. The first-order valence-electron chi connectivity index (χ1n) is 13.2. The molecule has 0 aliphatic carbocycles. The minimum absolute atomic E-state index is 0.0146. The number of amides is 1. The zero-order valence-corrected chi connectivity index (χ0v) is 22.1. The summed E-state index contributed by atoms with van der Waals surface area (Å²) >= 11 is 0. The summed E-state index contributed by atoms with van der Waals surface area (Å²) in [6, 6.07) is 16.7. The number of aromatic nitrogens is 1. The number of carbonyl (C=O) groups excluding carboxylic acids is 1. The highest BCUT2D eigenvalue weighted by Crippen LogP contribution is 2.33. The van der Waals surface area contributed by atoms with Crippen molar-refractivity contribution in [2.75, 3.05) is 32.7 Å². The zero-order valence-electron chi connectivity index (χ0n) is 21.2. The molecule has 2 aromatic carbocycles. The van der Waals surface area contributed by atoms with E-state index in [0.717, 1.165) is 50.7 Å². The van der Waals surface area contributed by atoms with Crippen molar-refractivity contribution in [2.24, 2.45) is 5.92 Å². The van der Waals surface area contributed by atoms with Crippen LogP contribution in [-0.2, 0) is 23.0 Å². The van der Waals surface area contributed by atoms with Gasteiger partial charge in [0.2, 0.25) is 10.0 Å². The first-order chi connectivity index (χ1) is 17.9. The van der Waals surface area contributed by atoms with Crippen LogP contribution in [0.4, 0.5) is 0 Å². The lowest BCUT2D eigenvalue weighted by Crippen LogP contribution is -2.32. The minimum atomic E-state index is -3.45. The first-order valence-corrected chi connectivity index (χ1v) is 14.8.